The van der Waals surface area contributed by atoms with E-state index < -0.39 is 5.97 Å². The zero-order chi connectivity index (χ0) is 30.1. The van der Waals surface area contributed by atoms with Crippen LogP contribution in [0.15, 0.2) is 95.2 Å². The zero-order valence-electron chi connectivity index (χ0n) is 25.3. The molecule has 0 bridgehead atoms. The molecule has 4 aromatic carbocycles. The van der Waals surface area contributed by atoms with Gasteiger partial charge in [0.15, 0.2) is 0 Å². The fourth-order valence-corrected chi connectivity index (χ4v) is 5.18. The summed E-state index contributed by atoms with van der Waals surface area (Å²) < 4.78 is 11.4. The van der Waals surface area contributed by atoms with Crippen LogP contribution in [0.1, 0.15) is 94.3 Å². The number of unbranched alkanes of at least 4 members (excludes halogenated alkanes) is 11. The van der Waals surface area contributed by atoms with Crippen molar-refractivity contribution >= 4 is 39.7 Å². The first kappa shape index (κ1) is 32.2. The molecule has 0 N–H and O–H groups in total. The van der Waals surface area contributed by atoms with Crippen LogP contribution in [0, 0.1) is 0 Å². The van der Waals surface area contributed by atoms with Crippen molar-refractivity contribution in [2.75, 3.05) is 6.61 Å². The lowest BCUT2D eigenvalue weighted by molar-refractivity contribution is 0.0735. The molecular weight excluding hydrogens is 556 g/mol. The van der Waals surface area contributed by atoms with Crippen molar-refractivity contribution in [3.63, 3.8) is 0 Å². The first-order valence-corrected chi connectivity index (χ1v) is 16.2. The Morgan fingerprint density at radius 1 is 0.651 bits per heavy atom. The average molecular weight is 599 g/mol. The third kappa shape index (κ3) is 11.1. The molecule has 0 aliphatic rings. The highest BCUT2D eigenvalue weighted by molar-refractivity contribution is 6.32. The van der Waals surface area contributed by atoms with Gasteiger partial charge in [-0.15, -0.1) is 0 Å². The summed E-state index contributed by atoms with van der Waals surface area (Å²) in [5.74, 6) is 0.530. The van der Waals surface area contributed by atoms with Crippen LogP contribution in [-0.4, -0.2) is 12.6 Å². The van der Waals surface area contributed by atoms with Crippen molar-refractivity contribution in [2.24, 2.45) is 10.2 Å². The molecule has 0 radical (unpaired) electrons. The van der Waals surface area contributed by atoms with Gasteiger partial charge in [0.2, 0.25) is 0 Å². The number of carbonyl (C=O) groups excluding carboxylic acids is 1. The van der Waals surface area contributed by atoms with Gasteiger partial charge in [-0.3, -0.25) is 0 Å². The van der Waals surface area contributed by atoms with E-state index in [1.807, 2.05) is 36.4 Å². The number of halogens is 1. The van der Waals surface area contributed by atoms with Crippen molar-refractivity contribution in [1.82, 2.24) is 0 Å². The van der Waals surface area contributed by atoms with Gasteiger partial charge in [0.1, 0.15) is 11.5 Å². The molecule has 5 nitrogen and oxygen atoms in total. The molecule has 4 rings (SSSR count). The van der Waals surface area contributed by atoms with Crippen LogP contribution in [0.3, 0.4) is 0 Å². The minimum absolute atomic E-state index is 0.267. The molecule has 0 saturated heterocycles. The Balaban J connectivity index is 1.14. The molecule has 226 valence electrons. The number of azo groups is 1. The highest BCUT2D eigenvalue weighted by atomic mass is 35.5. The molecule has 6 heteroatoms. The summed E-state index contributed by atoms with van der Waals surface area (Å²) in [4.78, 5) is 12.7. The average Bonchev–Trinajstić information content (AvgIpc) is 3.03. The lowest BCUT2D eigenvalue weighted by Gasteiger charge is -2.09. The van der Waals surface area contributed by atoms with Gasteiger partial charge in [-0.05, 0) is 71.8 Å². The first-order valence-electron chi connectivity index (χ1n) is 15.8. The third-order valence-corrected chi connectivity index (χ3v) is 7.78. The van der Waals surface area contributed by atoms with Crippen LogP contribution >= 0.6 is 11.6 Å². The second-order valence-corrected chi connectivity index (χ2v) is 11.4. The van der Waals surface area contributed by atoms with E-state index in [0.717, 1.165) is 28.6 Å². The third-order valence-electron chi connectivity index (χ3n) is 7.49. The molecule has 43 heavy (non-hydrogen) atoms. The molecule has 0 aromatic heterocycles. The Bertz CT molecular complexity index is 1450. The number of hydrogen-bond donors (Lipinski definition) is 0. The van der Waals surface area contributed by atoms with Crippen LogP contribution in [0.25, 0.3) is 10.8 Å². The standard InChI is InChI=1S/C37H43ClN2O3/c1-2-3-4-5-6-7-8-9-10-11-12-15-26-42-34-23-19-30(20-24-34)37(41)43-36-25-22-33(28-35(36)38)40-39-32-21-18-29-16-13-14-17-31(29)27-32/h13-14,16-25,27-28H,2-12,15,26H2,1H3. The zero-order valence-corrected chi connectivity index (χ0v) is 26.0. The van der Waals surface area contributed by atoms with Gasteiger partial charge in [-0.1, -0.05) is 119 Å². The molecule has 0 aliphatic carbocycles. The number of rotatable bonds is 18. The van der Waals surface area contributed by atoms with Crippen LogP contribution in [0.2, 0.25) is 5.02 Å². The summed E-state index contributed by atoms with van der Waals surface area (Å²) in [6.45, 7) is 2.95. The maximum absolute atomic E-state index is 12.7. The molecule has 0 spiro atoms. The fraction of sp³-hybridized carbons (Fsp3) is 0.378. The number of fused-ring (bicyclic) bond motifs is 1. The Kier molecular flexibility index (Phi) is 13.5. The van der Waals surface area contributed by atoms with E-state index in [0.29, 0.717) is 17.9 Å². The quantitative estimate of drug-likeness (QED) is 0.0495. The summed E-state index contributed by atoms with van der Waals surface area (Å²) in [5.41, 5.74) is 1.73. The molecule has 0 amide bonds. The van der Waals surface area contributed by atoms with E-state index in [-0.39, 0.29) is 10.8 Å². The van der Waals surface area contributed by atoms with E-state index in [4.69, 9.17) is 21.1 Å². The Morgan fingerprint density at radius 3 is 1.88 bits per heavy atom. The number of nitrogens with zero attached hydrogens (tertiary/aromatic N) is 2. The van der Waals surface area contributed by atoms with Crippen LogP contribution < -0.4 is 9.47 Å². The largest absolute Gasteiger partial charge is 0.494 e. The van der Waals surface area contributed by atoms with Crippen molar-refractivity contribution in [2.45, 2.75) is 84.0 Å². The molecule has 0 fully saturated rings. The number of hydrogen-bond acceptors (Lipinski definition) is 5. The molecule has 0 heterocycles. The highest BCUT2D eigenvalue weighted by Gasteiger charge is 2.12. The summed E-state index contributed by atoms with van der Waals surface area (Å²) in [6.07, 6.45) is 15.8. The van der Waals surface area contributed by atoms with Crippen molar-refractivity contribution in [1.29, 1.82) is 0 Å². The normalized spacial score (nSPS) is 11.3. The van der Waals surface area contributed by atoms with Gasteiger partial charge in [-0.2, -0.15) is 10.2 Å². The van der Waals surface area contributed by atoms with E-state index in [2.05, 4.69) is 23.2 Å². The Labute approximate surface area is 261 Å². The van der Waals surface area contributed by atoms with Crippen LogP contribution in [-0.2, 0) is 0 Å². The van der Waals surface area contributed by atoms with Gasteiger partial charge < -0.3 is 9.47 Å². The minimum atomic E-state index is -0.486. The number of carbonyl (C=O) groups is 1. The molecule has 0 saturated carbocycles. The summed E-state index contributed by atoms with van der Waals surface area (Å²) >= 11 is 6.39. The topological polar surface area (TPSA) is 60.2 Å². The SMILES string of the molecule is CCCCCCCCCCCCCCOc1ccc(C(=O)Oc2ccc(N=Nc3ccc4ccccc4c3)cc2Cl)cc1. The molecule has 0 atom stereocenters. The first-order chi connectivity index (χ1) is 21.1. The lowest BCUT2D eigenvalue weighted by Crippen LogP contribution is -2.08. The minimum Gasteiger partial charge on any atom is -0.494 e. The lowest BCUT2D eigenvalue weighted by atomic mass is 10.1. The molecule has 0 unspecified atom stereocenters. The maximum atomic E-state index is 12.7. The Morgan fingerprint density at radius 2 is 1.23 bits per heavy atom. The van der Waals surface area contributed by atoms with E-state index >= 15 is 0 Å². The molecule has 0 aliphatic heterocycles. The maximum Gasteiger partial charge on any atom is 0.343 e. The van der Waals surface area contributed by atoms with E-state index in [9.17, 15) is 4.79 Å². The molecule has 4 aromatic rings. The summed E-state index contributed by atoms with van der Waals surface area (Å²) in [7, 11) is 0. The van der Waals surface area contributed by atoms with Crippen LogP contribution in [0.4, 0.5) is 11.4 Å². The number of esters is 1. The predicted molar refractivity (Wildman–Crippen MR) is 178 cm³/mol. The smallest absolute Gasteiger partial charge is 0.343 e. The second kappa shape index (κ2) is 18.1. The van der Waals surface area contributed by atoms with E-state index in [1.165, 1.54) is 70.6 Å². The second-order valence-electron chi connectivity index (χ2n) is 11.0. The summed E-state index contributed by atoms with van der Waals surface area (Å²) in [5, 5.41) is 11.1. The van der Waals surface area contributed by atoms with Gasteiger partial charge in [0, 0.05) is 0 Å². The van der Waals surface area contributed by atoms with Gasteiger partial charge in [0.25, 0.3) is 0 Å². The van der Waals surface area contributed by atoms with Gasteiger partial charge in [-0.25, -0.2) is 4.79 Å². The van der Waals surface area contributed by atoms with Crippen LogP contribution in [0.5, 0.6) is 11.5 Å². The van der Waals surface area contributed by atoms with Gasteiger partial charge in [0.05, 0.1) is 28.6 Å². The van der Waals surface area contributed by atoms with Crippen molar-refractivity contribution in [3.05, 3.63) is 95.5 Å². The number of benzene rings is 4. The Hall–Kier alpha value is -3.70. The highest BCUT2D eigenvalue weighted by Crippen LogP contribution is 2.31. The summed E-state index contributed by atoms with van der Waals surface area (Å²) in [6, 6.07) is 26.0. The monoisotopic (exact) mass is 598 g/mol. The number of ether oxygens (including phenoxy) is 2. The fourth-order valence-electron chi connectivity index (χ4n) is 4.97. The molecular formula is C37H43ClN2O3. The van der Waals surface area contributed by atoms with E-state index in [1.54, 1.807) is 42.5 Å². The van der Waals surface area contributed by atoms with Crippen molar-refractivity contribution < 1.29 is 14.3 Å². The van der Waals surface area contributed by atoms with Gasteiger partial charge >= 0.3 is 5.97 Å². The predicted octanol–water partition coefficient (Wildman–Crippen LogP) is 12.2. The van der Waals surface area contributed by atoms with Crippen molar-refractivity contribution in [3.8, 4) is 11.5 Å².